The molecule has 1 aromatic heterocycles. The number of H-pyrrole nitrogens is 1. The second-order valence-corrected chi connectivity index (χ2v) is 4.76. The molecule has 0 fully saturated rings. The van der Waals surface area contributed by atoms with Crippen LogP contribution >= 0.6 is 23.6 Å². The molecule has 0 radical (unpaired) electrons. The Morgan fingerprint density at radius 2 is 2.38 bits per heavy atom. The summed E-state index contributed by atoms with van der Waals surface area (Å²) in [7, 11) is 0. The maximum atomic E-state index is 13.1. The summed E-state index contributed by atoms with van der Waals surface area (Å²) >= 11 is 6.35. The van der Waals surface area contributed by atoms with Crippen molar-refractivity contribution in [1.82, 2.24) is 10.2 Å². The van der Waals surface area contributed by atoms with Gasteiger partial charge in [0.05, 0.1) is 0 Å². The average molecular weight is 255 g/mol. The van der Waals surface area contributed by atoms with Gasteiger partial charge in [-0.15, -0.1) is 5.10 Å². The lowest BCUT2D eigenvalue weighted by Crippen LogP contribution is -2.15. The van der Waals surface area contributed by atoms with Gasteiger partial charge in [0.2, 0.25) is 5.13 Å². The van der Waals surface area contributed by atoms with Crippen LogP contribution < -0.4 is 4.90 Å². The summed E-state index contributed by atoms with van der Waals surface area (Å²) in [4.78, 5) is 1.90. The third kappa shape index (κ3) is 2.28. The van der Waals surface area contributed by atoms with Crippen molar-refractivity contribution < 1.29 is 4.39 Å². The number of rotatable bonds is 3. The van der Waals surface area contributed by atoms with E-state index in [1.54, 1.807) is 6.07 Å². The number of aromatic nitrogens is 2. The number of hydrogen-bond acceptors (Lipinski definition) is 4. The van der Waals surface area contributed by atoms with Gasteiger partial charge in [0.25, 0.3) is 0 Å². The Balaban J connectivity index is 2.40. The Morgan fingerprint density at radius 3 is 2.94 bits per heavy atom. The van der Waals surface area contributed by atoms with Crippen LogP contribution in [0.5, 0.6) is 0 Å². The summed E-state index contributed by atoms with van der Waals surface area (Å²) in [5, 5.41) is 7.55. The zero-order valence-corrected chi connectivity index (χ0v) is 10.2. The van der Waals surface area contributed by atoms with Crippen LogP contribution in [0.2, 0.25) is 0 Å². The quantitative estimate of drug-likeness (QED) is 0.852. The topological polar surface area (TPSA) is 31.9 Å². The molecule has 84 valence electrons. The molecule has 0 amide bonds. The molecular weight excluding hydrogens is 245 g/mol. The first-order chi connectivity index (χ1) is 7.70. The van der Waals surface area contributed by atoms with Crippen molar-refractivity contribution in [3.05, 3.63) is 34.0 Å². The molecule has 1 aromatic carbocycles. The van der Waals surface area contributed by atoms with Gasteiger partial charge in [-0.05, 0) is 37.3 Å². The highest BCUT2D eigenvalue weighted by Gasteiger charge is 2.10. The molecular formula is C10H10FN3S2. The van der Waals surface area contributed by atoms with Crippen LogP contribution in [0.1, 0.15) is 6.92 Å². The first-order valence-corrected chi connectivity index (χ1v) is 6.02. The van der Waals surface area contributed by atoms with Crippen LogP contribution in [0, 0.1) is 9.77 Å². The second kappa shape index (κ2) is 4.71. The summed E-state index contributed by atoms with van der Waals surface area (Å²) in [6, 6.07) is 6.42. The first kappa shape index (κ1) is 11.2. The largest absolute Gasteiger partial charge is 0.317 e. The molecule has 0 saturated heterocycles. The van der Waals surface area contributed by atoms with E-state index in [1.807, 2.05) is 17.9 Å². The average Bonchev–Trinajstić information content (AvgIpc) is 2.66. The van der Waals surface area contributed by atoms with Crippen molar-refractivity contribution in [2.45, 2.75) is 6.92 Å². The molecule has 1 N–H and O–H groups in total. The van der Waals surface area contributed by atoms with Gasteiger partial charge in [0, 0.05) is 12.2 Å². The molecule has 1 heterocycles. The minimum absolute atomic E-state index is 0.255. The van der Waals surface area contributed by atoms with Crippen molar-refractivity contribution >= 4 is 34.4 Å². The molecule has 0 bridgehead atoms. The summed E-state index contributed by atoms with van der Waals surface area (Å²) in [6.45, 7) is 2.69. The van der Waals surface area contributed by atoms with E-state index >= 15 is 0 Å². The molecule has 2 aromatic rings. The fraction of sp³-hybridized carbons (Fsp3) is 0.200. The van der Waals surface area contributed by atoms with E-state index in [9.17, 15) is 4.39 Å². The van der Waals surface area contributed by atoms with Crippen LogP contribution in [-0.2, 0) is 0 Å². The lowest BCUT2D eigenvalue weighted by Gasteiger charge is -2.19. The van der Waals surface area contributed by atoms with E-state index in [0.717, 1.165) is 10.8 Å². The van der Waals surface area contributed by atoms with Gasteiger partial charge < -0.3 is 4.90 Å². The first-order valence-electron chi connectivity index (χ1n) is 4.79. The number of halogens is 1. The SMILES string of the molecule is CCN(c1cccc(F)c1)c1n[nH]c(=S)s1. The molecule has 0 aliphatic carbocycles. The summed E-state index contributed by atoms with van der Waals surface area (Å²) < 4.78 is 13.7. The highest BCUT2D eigenvalue weighted by Crippen LogP contribution is 2.26. The van der Waals surface area contributed by atoms with E-state index in [1.165, 1.54) is 23.5 Å². The highest BCUT2D eigenvalue weighted by atomic mass is 32.1. The Bertz CT molecular complexity index is 535. The van der Waals surface area contributed by atoms with E-state index in [0.29, 0.717) is 10.5 Å². The third-order valence-electron chi connectivity index (χ3n) is 2.09. The van der Waals surface area contributed by atoms with Crippen molar-refractivity contribution in [2.75, 3.05) is 11.4 Å². The monoisotopic (exact) mass is 255 g/mol. The summed E-state index contributed by atoms with van der Waals surface area (Å²) in [5.41, 5.74) is 0.778. The molecule has 0 unspecified atom stereocenters. The lowest BCUT2D eigenvalue weighted by atomic mass is 10.3. The maximum Gasteiger partial charge on any atom is 0.211 e. The summed E-state index contributed by atoms with van der Waals surface area (Å²) in [6.07, 6.45) is 0. The Morgan fingerprint density at radius 1 is 1.56 bits per heavy atom. The van der Waals surface area contributed by atoms with Gasteiger partial charge in [0.15, 0.2) is 3.95 Å². The Labute approximate surface area is 102 Å². The zero-order chi connectivity index (χ0) is 11.5. The zero-order valence-electron chi connectivity index (χ0n) is 8.61. The smallest absolute Gasteiger partial charge is 0.211 e. The van der Waals surface area contributed by atoms with Crippen LogP contribution in [0.4, 0.5) is 15.2 Å². The van der Waals surface area contributed by atoms with E-state index in [-0.39, 0.29) is 5.82 Å². The Kier molecular flexibility index (Phi) is 3.31. The van der Waals surface area contributed by atoms with Gasteiger partial charge in [-0.1, -0.05) is 17.4 Å². The predicted octanol–water partition coefficient (Wildman–Crippen LogP) is 3.50. The molecule has 6 heteroatoms. The van der Waals surface area contributed by atoms with E-state index in [2.05, 4.69) is 10.2 Å². The summed E-state index contributed by atoms with van der Waals surface area (Å²) in [5.74, 6) is -0.255. The number of anilines is 2. The molecule has 3 nitrogen and oxygen atoms in total. The van der Waals surface area contributed by atoms with Gasteiger partial charge in [-0.3, -0.25) is 5.10 Å². The molecule has 2 rings (SSSR count). The molecule has 0 atom stereocenters. The minimum atomic E-state index is -0.255. The van der Waals surface area contributed by atoms with Crippen LogP contribution in [-0.4, -0.2) is 16.7 Å². The third-order valence-corrected chi connectivity index (χ3v) is 3.21. The van der Waals surface area contributed by atoms with E-state index in [4.69, 9.17) is 12.2 Å². The number of benzene rings is 1. The maximum absolute atomic E-state index is 13.1. The number of hydrogen-bond donors (Lipinski definition) is 1. The predicted molar refractivity (Wildman–Crippen MR) is 66.4 cm³/mol. The fourth-order valence-corrected chi connectivity index (χ4v) is 2.37. The number of nitrogens with zero attached hydrogens (tertiary/aromatic N) is 2. The highest BCUT2D eigenvalue weighted by molar-refractivity contribution is 7.73. The lowest BCUT2D eigenvalue weighted by molar-refractivity contribution is 0.627. The van der Waals surface area contributed by atoms with Crippen LogP contribution in [0.15, 0.2) is 24.3 Å². The van der Waals surface area contributed by atoms with Gasteiger partial charge in [-0.2, -0.15) is 0 Å². The van der Waals surface area contributed by atoms with Gasteiger partial charge in [0.1, 0.15) is 5.82 Å². The standard InChI is InChI=1S/C10H10FN3S2/c1-2-14(9-12-13-10(15)16-9)8-5-3-4-7(11)6-8/h3-6H,2H2,1H3,(H,13,15). The molecule has 0 saturated carbocycles. The number of aromatic amines is 1. The molecule has 16 heavy (non-hydrogen) atoms. The number of nitrogens with one attached hydrogen (secondary N) is 1. The van der Waals surface area contributed by atoms with Gasteiger partial charge in [-0.25, -0.2) is 4.39 Å². The van der Waals surface area contributed by atoms with Gasteiger partial charge >= 0.3 is 0 Å². The molecule has 0 spiro atoms. The van der Waals surface area contributed by atoms with Crippen molar-refractivity contribution in [2.24, 2.45) is 0 Å². The van der Waals surface area contributed by atoms with Crippen LogP contribution in [0.25, 0.3) is 0 Å². The fourth-order valence-electron chi connectivity index (χ4n) is 1.41. The Hall–Kier alpha value is -1.27. The normalized spacial score (nSPS) is 10.4. The molecule has 0 aliphatic heterocycles. The van der Waals surface area contributed by atoms with Crippen molar-refractivity contribution in [3.8, 4) is 0 Å². The van der Waals surface area contributed by atoms with Crippen molar-refractivity contribution in [1.29, 1.82) is 0 Å². The van der Waals surface area contributed by atoms with Crippen LogP contribution in [0.3, 0.4) is 0 Å². The minimum Gasteiger partial charge on any atom is -0.317 e. The van der Waals surface area contributed by atoms with E-state index < -0.39 is 0 Å². The second-order valence-electron chi connectivity index (χ2n) is 3.12. The molecule has 0 aliphatic rings. The van der Waals surface area contributed by atoms with Crippen molar-refractivity contribution in [3.63, 3.8) is 0 Å².